The number of hydrogen-bond acceptors (Lipinski definition) is 12. The Kier molecular flexibility index (Phi) is 8.68. The van der Waals surface area contributed by atoms with Crippen LogP contribution < -0.4 is 0 Å². The highest BCUT2D eigenvalue weighted by Crippen LogP contribution is 2.44. The summed E-state index contributed by atoms with van der Waals surface area (Å²) in [6.45, 7) is 0. The Balaban J connectivity index is 1.28. The maximum absolute atomic E-state index is 12.1. The van der Waals surface area contributed by atoms with E-state index in [9.17, 15) is 49.1 Å². The fraction of sp³-hybridized carbons (Fsp3) is 0. The van der Waals surface area contributed by atoms with E-state index in [2.05, 4.69) is 20.5 Å². The van der Waals surface area contributed by atoms with Crippen LogP contribution in [0.1, 0.15) is 0 Å². The molecule has 0 saturated carbocycles. The highest BCUT2D eigenvalue weighted by Gasteiger charge is 2.26. The number of hydrogen-bond donors (Lipinski definition) is 5. The number of phenolic OH excluding ortho intramolecular Hbond substituents is 2. The van der Waals surface area contributed by atoms with Gasteiger partial charge in [-0.05, 0) is 70.4 Å². The van der Waals surface area contributed by atoms with Crippen molar-refractivity contribution in [2.45, 2.75) is 14.7 Å². The van der Waals surface area contributed by atoms with Crippen LogP contribution in [0, 0.1) is 0 Å². The molecule has 0 radical (unpaired) electrons. The van der Waals surface area contributed by atoms with E-state index in [1.54, 1.807) is 42.5 Å². The maximum atomic E-state index is 12.1. The van der Waals surface area contributed by atoms with Gasteiger partial charge in [0, 0.05) is 10.8 Å². The Bertz CT molecular complexity index is 2730. The minimum Gasteiger partial charge on any atom is -0.506 e. The van der Waals surface area contributed by atoms with Gasteiger partial charge in [-0.25, -0.2) is 0 Å². The third kappa shape index (κ3) is 6.79. The van der Waals surface area contributed by atoms with Gasteiger partial charge in [-0.3, -0.25) is 13.7 Å². The van der Waals surface area contributed by atoms with E-state index >= 15 is 0 Å². The molecule has 0 saturated heterocycles. The molecule has 254 valence electrons. The average Bonchev–Trinajstić information content (AvgIpc) is 3.06. The summed E-state index contributed by atoms with van der Waals surface area (Å²) < 4.78 is 101. The summed E-state index contributed by atoms with van der Waals surface area (Å²) in [5, 5.41) is 37.1. The molecular formula is C32H22N4O11S3. The number of nitrogens with zero attached hydrogens (tertiary/aromatic N) is 4. The summed E-state index contributed by atoms with van der Waals surface area (Å²) in [5.41, 5.74) is 1.04. The van der Waals surface area contributed by atoms with E-state index in [1.807, 2.05) is 0 Å². The average molecular weight is 735 g/mol. The quantitative estimate of drug-likeness (QED) is 0.0750. The Morgan fingerprint density at radius 2 is 0.900 bits per heavy atom. The lowest BCUT2D eigenvalue weighted by molar-refractivity contribution is 0.469. The molecule has 0 aliphatic heterocycles. The predicted octanol–water partition coefficient (Wildman–Crippen LogP) is 7.64. The number of benzene rings is 6. The second kappa shape index (κ2) is 12.7. The first-order valence-corrected chi connectivity index (χ1v) is 18.3. The molecule has 6 aromatic rings. The molecular weight excluding hydrogens is 713 g/mol. The molecule has 15 nitrogen and oxygen atoms in total. The normalized spacial score (nSPS) is 12.8. The molecule has 0 aliphatic carbocycles. The van der Waals surface area contributed by atoms with Crippen molar-refractivity contribution in [3.05, 3.63) is 103 Å². The number of rotatable bonds is 8. The summed E-state index contributed by atoms with van der Waals surface area (Å²) in [7, 11) is -14.4. The van der Waals surface area contributed by atoms with Crippen molar-refractivity contribution in [3.8, 4) is 22.6 Å². The molecule has 6 aromatic carbocycles. The first kappa shape index (κ1) is 34.2. The molecule has 0 bridgehead atoms. The monoisotopic (exact) mass is 734 g/mol. The molecule has 0 amide bonds. The minimum absolute atomic E-state index is 0.000464. The van der Waals surface area contributed by atoms with E-state index < -0.39 is 61.9 Å². The van der Waals surface area contributed by atoms with Crippen molar-refractivity contribution in [2.24, 2.45) is 20.5 Å². The third-order valence-corrected chi connectivity index (χ3v) is 10.1. The van der Waals surface area contributed by atoms with Gasteiger partial charge in [-0.15, -0.1) is 10.2 Å². The van der Waals surface area contributed by atoms with Gasteiger partial charge in [0.05, 0.1) is 11.4 Å². The lowest BCUT2D eigenvalue weighted by Gasteiger charge is -2.11. The van der Waals surface area contributed by atoms with Gasteiger partial charge in [0.15, 0.2) is 5.75 Å². The van der Waals surface area contributed by atoms with Crippen molar-refractivity contribution < 1.29 is 49.1 Å². The fourth-order valence-electron chi connectivity index (χ4n) is 5.16. The predicted molar refractivity (Wildman–Crippen MR) is 181 cm³/mol. The van der Waals surface area contributed by atoms with Crippen LogP contribution in [0.25, 0.3) is 32.7 Å². The van der Waals surface area contributed by atoms with Crippen molar-refractivity contribution in [3.63, 3.8) is 0 Å². The Morgan fingerprint density at radius 3 is 1.40 bits per heavy atom. The van der Waals surface area contributed by atoms with Crippen LogP contribution in [0.4, 0.5) is 22.7 Å². The topological polar surface area (TPSA) is 253 Å². The molecule has 0 aliphatic rings. The second-order valence-corrected chi connectivity index (χ2v) is 14.8. The summed E-state index contributed by atoms with van der Waals surface area (Å²) in [6, 6.07) is 24.3. The number of azo groups is 2. The number of fused-ring (bicyclic) bond motifs is 2. The standard InChI is InChI=1S/C32H22N4O11S3/c37-24-16-11-20-3-1-5-25(48(39,40)41)28(20)30(24)35-33-22-12-7-18(8-13-22)19-9-14-23(15-10-19)34-36-31-27(50(45,46)47)17-21-4-2-6-26(49(42,43)44)29(21)32(31)38/h1-17,37-38H,(H,39,40,41)(H,42,43,44)(H,45,46,47). The van der Waals surface area contributed by atoms with Crippen molar-refractivity contribution in [1.29, 1.82) is 0 Å². The van der Waals surface area contributed by atoms with Crippen molar-refractivity contribution >= 4 is 74.6 Å². The number of phenols is 2. The molecule has 0 heterocycles. The van der Waals surface area contributed by atoms with Gasteiger partial charge >= 0.3 is 0 Å². The van der Waals surface area contributed by atoms with Crippen LogP contribution in [0.15, 0.2) is 138 Å². The fourth-order valence-corrected chi connectivity index (χ4v) is 7.27. The smallest absolute Gasteiger partial charge is 0.296 e. The zero-order valence-electron chi connectivity index (χ0n) is 25.0. The first-order chi connectivity index (χ1) is 23.5. The molecule has 18 heteroatoms. The summed E-state index contributed by atoms with van der Waals surface area (Å²) >= 11 is 0. The van der Waals surface area contributed by atoms with Crippen LogP contribution in [0.3, 0.4) is 0 Å². The number of aromatic hydroxyl groups is 2. The van der Waals surface area contributed by atoms with Crippen molar-refractivity contribution in [1.82, 2.24) is 0 Å². The Morgan fingerprint density at radius 1 is 0.440 bits per heavy atom. The van der Waals surface area contributed by atoms with Crippen LogP contribution in [-0.2, 0) is 30.4 Å². The molecule has 0 aromatic heterocycles. The van der Waals surface area contributed by atoms with E-state index in [-0.39, 0.29) is 27.9 Å². The molecule has 0 atom stereocenters. The molecule has 0 spiro atoms. The molecule has 0 fully saturated rings. The van der Waals surface area contributed by atoms with Gasteiger partial charge < -0.3 is 10.2 Å². The van der Waals surface area contributed by atoms with Crippen molar-refractivity contribution in [2.75, 3.05) is 0 Å². The minimum atomic E-state index is -4.97. The molecule has 0 unspecified atom stereocenters. The zero-order valence-corrected chi connectivity index (χ0v) is 27.5. The molecule has 50 heavy (non-hydrogen) atoms. The summed E-state index contributed by atoms with van der Waals surface area (Å²) in [6.07, 6.45) is 0. The van der Waals surface area contributed by atoms with E-state index in [0.717, 1.165) is 12.1 Å². The maximum Gasteiger partial charge on any atom is 0.296 e. The van der Waals surface area contributed by atoms with Gasteiger partial charge in [-0.2, -0.15) is 35.5 Å². The van der Waals surface area contributed by atoms with E-state index in [4.69, 9.17) is 0 Å². The van der Waals surface area contributed by atoms with Gasteiger partial charge in [-0.1, -0.05) is 54.6 Å². The van der Waals surface area contributed by atoms with Crippen LogP contribution in [-0.4, -0.2) is 49.1 Å². The first-order valence-electron chi connectivity index (χ1n) is 14.0. The third-order valence-electron chi connectivity index (χ3n) is 7.43. The Hall–Kier alpha value is -5.63. The zero-order chi connectivity index (χ0) is 36.0. The Labute approximate surface area is 283 Å². The summed E-state index contributed by atoms with van der Waals surface area (Å²) in [5.74, 6) is -1.30. The SMILES string of the molecule is O=S(=O)(O)c1cc2cccc(S(=O)(=O)O)c2c(O)c1N=Nc1ccc(-c2ccc(N=Nc3c(O)ccc4cccc(S(=O)(=O)O)c34)cc2)cc1. The van der Waals surface area contributed by atoms with Crippen LogP contribution >= 0.6 is 0 Å². The molecule has 5 N–H and O–H groups in total. The van der Waals surface area contributed by atoms with E-state index in [1.165, 1.54) is 48.5 Å². The largest absolute Gasteiger partial charge is 0.506 e. The van der Waals surface area contributed by atoms with Gasteiger partial charge in [0.2, 0.25) is 0 Å². The van der Waals surface area contributed by atoms with Gasteiger partial charge in [0.1, 0.15) is 31.8 Å². The highest BCUT2D eigenvalue weighted by molar-refractivity contribution is 7.86. The van der Waals surface area contributed by atoms with Crippen LogP contribution in [0.5, 0.6) is 11.5 Å². The highest BCUT2D eigenvalue weighted by atomic mass is 32.2. The second-order valence-electron chi connectivity index (χ2n) is 10.6. The van der Waals surface area contributed by atoms with Crippen LogP contribution in [0.2, 0.25) is 0 Å². The molecule has 6 rings (SSSR count). The van der Waals surface area contributed by atoms with Gasteiger partial charge in [0.25, 0.3) is 30.4 Å². The lowest BCUT2D eigenvalue weighted by Crippen LogP contribution is -2.02. The lowest BCUT2D eigenvalue weighted by atomic mass is 10.1. The van der Waals surface area contributed by atoms with E-state index in [0.29, 0.717) is 22.2 Å². The summed E-state index contributed by atoms with van der Waals surface area (Å²) in [4.78, 5) is -1.99.